The predicted octanol–water partition coefficient (Wildman–Crippen LogP) is 6.36. The van der Waals surface area contributed by atoms with Gasteiger partial charge in [-0.05, 0) is 18.9 Å². The normalized spacial score (nSPS) is 19.8. The van der Waals surface area contributed by atoms with Crippen LogP contribution in [0.2, 0.25) is 0 Å². The topological polar surface area (TPSA) is 38.7 Å². The van der Waals surface area contributed by atoms with Gasteiger partial charge in [0.25, 0.3) is 0 Å². The van der Waals surface area contributed by atoms with Crippen molar-refractivity contribution in [1.29, 1.82) is 0 Å². The highest BCUT2D eigenvalue weighted by molar-refractivity contribution is 5.35. The molecule has 2 atom stereocenters. The fourth-order valence-corrected chi connectivity index (χ4v) is 3.98. The van der Waals surface area contributed by atoms with Gasteiger partial charge in [-0.15, -0.1) is 0 Å². The average molecular weight is 433 g/mol. The number of ether oxygens (including phenoxy) is 2. The highest BCUT2D eigenvalue weighted by Gasteiger charge is 2.47. The Hall–Kier alpha value is -2.38. The van der Waals surface area contributed by atoms with Crippen LogP contribution in [0.5, 0.6) is 0 Å². The molecule has 2 aromatic rings. The number of rotatable bonds is 9. The van der Waals surface area contributed by atoms with Gasteiger partial charge in [-0.25, -0.2) is 0 Å². The van der Waals surface area contributed by atoms with Crippen LogP contribution in [0.15, 0.2) is 72.8 Å². The van der Waals surface area contributed by atoms with E-state index in [1.807, 2.05) is 72.8 Å². The second-order valence-electron chi connectivity index (χ2n) is 8.37. The van der Waals surface area contributed by atoms with Crippen LogP contribution in [0, 0.1) is 11.8 Å². The lowest BCUT2D eigenvalue weighted by Gasteiger charge is -2.45. The van der Waals surface area contributed by atoms with Crippen LogP contribution in [-0.2, 0) is 15.3 Å². The standard InChI is InChI=1S/C29H36O3/c1-3-5-7-15-22-28(30,23-16-8-6-4-2)27-21-24-31-29(32-27,25-17-11-9-12-18-25)26-19-13-10-14-20-26/h9-15,17-20,22,27,30H,3-8,21,24H2,1-2H3/b22-15+/t27-,28-/m0/s1. The summed E-state index contributed by atoms with van der Waals surface area (Å²) in [7, 11) is 0. The SMILES string of the molecule is CCCCC#C[C@@](O)(/C=C/CCCC)[C@@H]1CCOC(c2ccccc2)(c2ccccc2)O1. The lowest BCUT2D eigenvalue weighted by molar-refractivity contribution is -0.296. The van der Waals surface area contributed by atoms with Crippen molar-refractivity contribution in [2.75, 3.05) is 6.61 Å². The van der Waals surface area contributed by atoms with Crippen molar-refractivity contribution >= 4 is 0 Å². The first kappa shape index (κ1) is 24.3. The second-order valence-corrected chi connectivity index (χ2v) is 8.37. The summed E-state index contributed by atoms with van der Waals surface area (Å²) in [5.74, 6) is 5.27. The first-order valence-electron chi connectivity index (χ1n) is 12.0. The molecular weight excluding hydrogens is 396 g/mol. The number of aliphatic hydroxyl groups is 1. The summed E-state index contributed by atoms with van der Waals surface area (Å²) >= 11 is 0. The Morgan fingerprint density at radius 2 is 1.62 bits per heavy atom. The molecule has 1 N–H and O–H groups in total. The third kappa shape index (κ3) is 5.90. The highest BCUT2D eigenvalue weighted by Crippen LogP contribution is 2.42. The van der Waals surface area contributed by atoms with E-state index in [0.717, 1.165) is 49.7 Å². The third-order valence-electron chi connectivity index (χ3n) is 5.83. The molecule has 3 nitrogen and oxygen atoms in total. The minimum Gasteiger partial charge on any atom is -0.371 e. The Morgan fingerprint density at radius 3 is 2.22 bits per heavy atom. The molecule has 1 fully saturated rings. The third-order valence-corrected chi connectivity index (χ3v) is 5.83. The van der Waals surface area contributed by atoms with Gasteiger partial charge in [-0.3, -0.25) is 0 Å². The molecular formula is C29H36O3. The highest BCUT2D eigenvalue weighted by atomic mass is 16.7. The maximum Gasteiger partial charge on any atom is 0.222 e. The Morgan fingerprint density at radius 1 is 1.00 bits per heavy atom. The van der Waals surface area contributed by atoms with Crippen LogP contribution in [-0.4, -0.2) is 23.4 Å². The average Bonchev–Trinajstić information content (AvgIpc) is 2.86. The number of hydrogen-bond acceptors (Lipinski definition) is 3. The minimum atomic E-state index is -1.36. The predicted molar refractivity (Wildman–Crippen MR) is 130 cm³/mol. The summed E-state index contributed by atoms with van der Waals surface area (Å²) in [5, 5.41) is 11.7. The fraction of sp³-hybridized carbons (Fsp3) is 0.448. The molecule has 1 aliphatic rings. The van der Waals surface area contributed by atoms with Crippen molar-refractivity contribution in [3.8, 4) is 11.8 Å². The van der Waals surface area contributed by atoms with Gasteiger partial charge in [-0.2, -0.15) is 0 Å². The molecule has 0 aromatic heterocycles. The van der Waals surface area contributed by atoms with E-state index in [1.54, 1.807) is 0 Å². The van der Waals surface area contributed by atoms with Gasteiger partial charge in [0.1, 0.15) is 6.10 Å². The van der Waals surface area contributed by atoms with Gasteiger partial charge in [-0.1, -0.05) is 112 Å². The molecule has 1 aliphatic heterocycles. The molecule has 0 radical (unpaired) electrons. The Kier molecular flexibility index (Phi) is 9.11. The molecule has 3 rings (SSSR count). The lowest BCUT2D eigenvalue weighted by atomic mass is 9.89. The van der Waals surface area contributed by atoms with Crippen LogP contribution >= 0.6 is 0 Å². The summed E-state index contributed by atoms with van der Waals surface area (Å²) in [6.45, 7) is 4.78. The van der Waals surface area contributed by atoms with Gasteiger partial charge in [0, 0.05) is 24.0 Å². The molecule has 0 amide bonds. The van der Waals surface area contributed by atoms with Gasteiger partial charge in [0.15, 0.2) is 5.60 Å². The van der Waals surface area contributed by atoms with E-state index in [-0.39, 0.29) is 0 Å². The molecule has 0 spiro atoms. The van der Waals surface area contributed by atoms with Gasteiger partial charge < -0.3 is 14.6 Å². The van der Waals surface area contributed by atoms with Crippen molar-refractivity contribution in [3.05, 3.63) is 83.9 Å². The molecule has 170 valence electrons. The Balaban J connectivity index is 1.98. The van der Waals surface area contributed by atoms with Gasteiger partial charge >= 0.3 is 0 Å². The van der Waals surface area contributed by atoms with E-state index in [2.05, 4.69) is 25.7 Å². The zero-order valence-corrected chi connectivity index (χ0v) is 19.4. The van der Waals surface area contributed by atoms with Crippen molar-refractivity contribution in [2.24, 2.45) is 0 Å². The molecule has 1 heterocycles. The number of unbranched alkanes of at least 4 members (excludes halogenated alkanes) is 4. The van der Waals surface area contributed by atoms with Crippen LogP contribution < -0.4 is 0 Å². The zero-order chi connectivity index (χ0) is 22.7. The van der Waals surface area contributed by atoms with Crippen LogP contribution in [0.4, 0.5) is 0 Å². The number of hydrogen-bond donors (Lipinski definition) is 1. The molecule has 0 saturated carbocycles. The van der Waals surface area contributed by atoms with Crippen molar-refractivity contribution in [3.63, 3.8) is 0 Å². The van der Waals surface area contributed by atoms with Gasteiger partial charge in [0.2, 0.25) is 5.79 Å². The molecule has 0 unspecified atom stereocenters. The van der Waals surface area contributed by atoms with Gasteiger partial charge in [0.05, 0.1) is 6.61 Å². The fourth-order valence-electron chi connectivity index (χ4n) is 3.98. The number of benzene rings is 2. The Bertz CT molecular complexity index is 855. The summed E-state index contributed by atoms with van der Waals surface area (Å²) in [6.07, 6.45) is 9.94. The zero-order valence-electron chi connectivity index (χ0n) is 19.4. The summed E-state index contributed by atoms with van der Waals surface area (Å²) in [6, 6.07) is 19.9. The van der Waals surface area contributed by atoms with E-state index in [4.69, 9.17) is 9.47 Å². The minimum absolute atomic E-state index is 0.468. The van der Waals surface area contributed by atoms with Crippen molar-refractivity contribution in [1.82, 2.24) is 0 Å². The van der Waals surface area contributed by atoms with E-state index >= 15 is 0 Å². The second kappa shape index (κ2) is 12.0. The van der Waals surface area contributed by atoms with Crippen LogP contribution in [0.3, 0.4) is 0 Å². The van der Waals surface area contributed by atoms with E-state index in [0.29, 0.717) is 13.0 Å². The Labute approximate surface area is 193 Å². The molecule has 0 bridgehead atoms. The monoisotopic (exact) mass is 432 g/mol. The molecule has 3 heteroatoms. The van der Waals surface area contributed by atoms with Crippen LogP contribution in [0.1, 0.15) is 69.9 Å². The summed E-state index contributed by atoms with van der Waals surface area (Å²) in [4.78, 5) is 0. The van der Waals surface area contributed by atoms with Crippen molar-refractivity contribution in [2.45, 2.75) is 76.3 Å². The van der Waals surface area contributed by atoms with E-state index < -0.39 is 17.5 Å². The largest absolute Gasteiger partial charge is 0.371 e. The lowest BCUT2D eigenvalue weighted by Crippen LogP contribution is -2.52. The maximum atomic E-state index is 11.7. The van der Waals surface area contributed by atoms with E-state index in [1.165, 1.54) is 0 Å². The van der Waals surface area contributed by atoms with Crippen LogP contribution in [0.25, 0.3) is 0 Å². The maximum absolute atomic E-state index is 11.7. The molecule has 1 saturated heterocycles. The molecule has 2 aromatic carbocycles. The quantitative estimate of drug-likeness (QED) is 0.284. The molecule has 32 heavy (non-hydrogen) atoms. The van der Waals surface area contributed by atoms with E-state index in [9.17, 15) is 5.11 Å². The summed E-state index contributed by atoms with van der Waals surface area (Å²) in [5.41, 5.74) is 0.458. The first-order valence-corrected chi connectivity index (χ1v) is 12.0. The first-order chi connectivity index (χ1) is 15.6. The smallest absolute Gasteiger partial charge is 0.222 e. The van der Waals surface area contributed by atoms with Crippen molar-refractivity contribution < 1.29 is 14.6 Å². The summed E-state index contributed by atoms with van der Waals surface area (Å²) < 4.78 is 13.0. The number of allylic oxidation sites excluding steroid dienone is 1. The molecule has 0 aliphatic carbocycles.